The molecule has 0 radical (unpaired) electrons. The number of benzene rings is 2. The van der Waals surface area contributed by atoms with Crippen LogP contribution >= 0.6 is 0 Å². The summed E-state index contributed by atoms with van der Waals surface area (Å²) in [5.41, 5.74) is -0.536. The summed E-state index contributed by atoms with van der Waals surface area (Å²) >= 11 is 0. The molecule has 0 amide bonds. The third-order valence-electron chi connectivity index (χ3n) is 4.76. The molecule has 0 spiro atoms. The Kier molecular flexibility index (Phi) is 6.07. The monoisotopic (exact) mass is 488 g/mol. The van der Waals surface area contributed by atoms with E-state index in [0.717, 1.165) is 12.1 Å². The van der Waals surface area contributed by atoms with Crippen molar-refractivity contribution in [3.05, 3.63) is 71.0 Å². The lowest BCUT2D eigenvalue weighted by molar-refractivity contribution is 0.0676. The average Bonchev–Trinajstić information content (AvgIpc) is 2.88. The Morgan fingerprint density at radius 3 is 1.08 bits per heavy atom. The van der Waals surface area contributed by atoms with E-state index in [2.05, 4.69) is 30.4 Å². The molecule has 2 heterocycles. The number of carboxylic acids is 4. The van der Waals surface area contributed by atoms with Gasteiger partial charge in [-0.15, -0.1) is 20.4 Å². The predicted molar refractivity (Wildman–Crippen MR) is 117 cm³/mol. The van der Waals surface area contributed by atoms with Gasteiger partial charge < -0.3 is 20.4 Å². The van der Waals surface area contributed by atoms with Crippen molar-refractivity contribution in [2.45, 2.75) is 0 Å². The summed E-state index contributed by atoms with van der Waals surface area (Å²) in [7, 11) is 0. The molecule has 0 atom stereocenters. The van der Waals surface area contributed by atoms with Crippen LogP contribution in [0.4, 0.5) is 0 Å². The molecule has 0 aliphatic rings. The van der Waals surface area contributed by atoms with Gasteiger partial charge in [0, 0.05) is 23.5 Å². The second-order valence-corrected chi connectivity index (χ2v) is 7.16. The van der Waals surface area contributed by atoms with Crippen LogP contribution < -0.4 is 0 Å². The average molecular weight is 488 g/mol. The van der Waals surface area contributed by atoms with Crippen molar-refractivity contribution in [2.24, 2.45) is 0 Å². The van der Waals surface area contributed by atoms with Gasteiger partial charge in [-0.1, -0.05) is 0 Å². The molecule has 178 valence electrons. The summed E-state index contributed by atoms with van der Waals surface area (Å²) in [6, 6.07) is 6.83. The van der Waals surface area contributed by atoms with Gasteiger partial charge in [-0.25, -0.2) is 29.1 Å². The topological polar surface area (TPSA) is 227 Å². The molecule has 0 aliphatic carbocycles. The first kappa shape index (κ1) is 23.5. The lowest BCUT2D eigenvalue weighted by Crippen LogP contribution is -2.05. The Balaban J connectivity index is 1.64. The molecule has 0 saturated carbocycles. The molecule has 14 nitrogen and oxygen atoms in total. The van der Waals surface area contributed by atoms with Crippen molar-refractivity contribution in [1.82, 2.24) is 30.4 Å². The van der Waals surface area contributed by atoms with Crippen molar-refractivity contribution < 1.29 is 39.6 Å². The van der Waals surface area contributed by atoms with Crippen LogP contribution in [0.2, 0.25) is 0 Å². The third kappa shape index (κ3) is 4.81. The molecule has 4 rings (SSSR count). The van der Waals surface area contributed by atoms with Crippen molar-refractivity contribution in [3.8, 4) is 34.2 Å². The molecule has 2 aromatic heterocycles. The van der Waals surface area contributed by atoms with E-state index in [9.17, 15) is 39.6 Å². The highest BCUT2D eigenvalue weighted by molar-refractivity contribution is 5.96. The van der Waals surface area contributed by atoms with Gasteiger partial charge >= 0.3 is 23.9 Å². The Hall–Kier alpha value is -5.66. The summed E-state index contributed by atoms with van der Waals surface area (Å²) in [6.45, 7) is 0. The Bertz CT molecular complexity index is 1360. The first-order valence-corrected chi connectivity index (χ1v) is 9.76. The lowest BCUT2D eigenvalue weighted by Gasteiger charge is -2.06. The van der Waals surface area contributed by atoms with Crippen molar-refractivity contribution in [1.29, 1.82) is 0 Å². The van der Waals surface area contributed by atoms with E-state index >= 15 is 0 Å². The van der Waals surface area contributed by atoms with Crippen LogP contribution in [0.3, 0.4) is 0 Å². The zero-order chi connectivity index (χ0) is 26.0. The van der Waals surface area contributed by atoms with Crippen LogP contribution in [0.1, 0.15) is 41.4 Å². The highest BCUT2D eigenvalue weighted by Crippen LogP contribution is 2.22. The number of aromatic carboxylic acids is 4. The largest absolute Gasteiger partial charge is 0.478 e. The van der Waals surface area contributed by atoms with Gasteiger partial charge in [0.05, 0.1) is 27.8 Å². The van der Waals surface area contributed by atoms with Gasteiger partial charge in [0.1, 0.15) is 0 Å². The van der Waals surface area contributed by atoms with E-state index < -0.39 is 23.9 Å². The normalized spacial score (nSPS) is 10.6. The molecule has 36 heavy (non-hydrogen) atoms. The fraction of sp³-hybridized carbons (Fsp3) is 0. The molecule has 4 aromatic rings. The zero-order valence-corrected chi connectivity index (χ0v) is 17.7. The van der Waals surface area contributed by atoms with Crippen LogP contribution in [0.15, 0.2) is 48.8 Å². The van der Waals surface area contributed by atoms with Gasteiger partial charge in [-0.3, -0.25) is 0 Å². The molecular formula is C22H12N6O8. The van der Waals surface area contributed by atoms with Gasteiger partial charge in [0.2, 0.25) is 11.6 Å². The van der Waals surface area contributed by atoms with Gasteiger partial charge in [0.25, 0.3) is 0 Å². The predicted octanol–water partition coefficient (Wildman–Crippen LogP) is 1.85. The number of carbonyl (C=O) groups is 4. The van der Waals surface area contributed by atoms with E-state index in [0.29, 0.717) is 0 Å². The summed E-state index contributed by atoms with van der Waals surface area (Å²) in [5, 5.41) is 52.4. The number of hydrogen-bond donors (Lipinski definition) is 4. The molecular weight excluding hydrogens is 476 g/mol. The minimum atomic E-state index is -1.33. The molecule has 0 fully saturated rings. The maximum Gasteiger partial charge on any atom is 0.335 e. The SMILES string of the molecule is O=C(O)c1cc(C(=O)O)cc(-c2ncc(-c3nnc(-c4cc(C(=O)O)cc(C(=O)O)c4)nn3)cn2)c1. The Morgan fingerprint density at radius 1 is 0.444 bits per heavy atom. The summed E-state index contributed by atoms with van der Waals surface area (Å²) < 4.78 is 0. The number of carboxylic acid groups (broad SMARTS) is 4. The summed E-state index contributed by atoms with van der Waals surface area (Å²) in [6.07, 6.45) is 2.59. The standard InChI is InChI=1S/C22H12N6O8/c29-19(30)11-1-9(2-12(5-11)20(31)32)16-23-7-15(8-24-16)18-27-25-17(26-28-18)10-3-13(21(33)34)6-14(4-10)22(35)36/h1-8H,(H,29,30)(H,31,32)(H,33,34)(H,35,36). The highest BCUT2D eigenvalue weighted by atomic mass is 16.4. The Morgan fingerprint density at radius 2 is 0.750 bits per heavy atom. The van der Waals surface area contributed by atoms with Crippen LogP contribution in [0, 0.1) is 0 Å². The van der Waals surface area contributed by atoms with Crippen LogP contribution in [-0.4, -0.2) is 74.7 Å². The fourth-order valence-electron chi connectivity index (χ4n) is 3.06. The fourth-order valence-corrected chi connectivity index (χ4v) is 3.06. The van der Waals surface area contributed by atoms with Crippen LogP contribution in [0.25, 0.3) is 34.2 Å². The molecule has 0 saturated heterocycles. The van der Waals surface area contributed by atoms with E-state index in [1.165, 1.54) is 36.7 Å². The van der Waals surface area contributed by atoms with E-state index in [-0.39, 0.29) is 56.4 Å². The molecule has 0 bridgehead atoms. The molecule has 4 N–H and O–H groups in total. The maximum absolute atomic E-state index is 11.3. The highest BCUT2D eigenvalue weighted by Gasteiger charge is 2.16. The van der Waals surface area contributed by atoms with Crippen LogP contribution in [-0.2, 0) is 0 Å². The van der Waals surface area contributed by atoms with Crippen molar-refractivity contribution in [3.63, 3.8) is 0 Å². The quantitative estimate of drug-likeness (QED) is 0.291. The Labute approximate surface area is 199 Å². The summed E-state index contributed by atoms with van der Waals surface area (Å²) in [5.74, 6) is -5.38. The molecule has 14 heteroatoms. The zero-order valence-electron chi connectivity index (χ0n) is 17.7. The molecule has 2 aromatic carbocycles. The summed E-state index contributed by atoms with van der Waals surface area (Å²) in [4.78, 5) is 53.4. The molecule has 0 aliphatic heterocycles. The first-order valence-electron chi connectivity index (χ1n) is 9.76. The third-order valence-corrected chi connectivity index (χ3v) is 4.76. The van der Waals surface area contributed by atoms with E-state index in [4.69, 9.17) is 0 Å². The van der Waals surface area contributed by atoms with E-state index in [1.54, 1.807) is 0 Å². The number of hydrogen-bond acceptors (Lipinski definition) is 10. The second-order valence-electron chi connectivity index (χ2n) is 7.16. The smallest absolute Gasteiger partial charge is 0.335 e. The minimum absolute atomic E-state index is 0.0105. The number of aromatic nitrogens is 6. The minimum Gasteiger partial charge on any atom is -0.478 e. The lowest BCUT2D eigenvalue weighted by atomic mass is 10.0. The van der Waals surface area contributed by atoms with Crippen LogP contribution in [0.5, 0.6) is 0 Å². The van der Waals surface area contributed by atoms with E-state index in [1.807, 2.05) is 0 Å². The van der Waals surface area contributed by atoms with Crippen molar-refractivity contribution in [2.75, 3.05) is 0 Å². The number of nitrogens with zero attached hydrogens (tertiary/aromatic N) is 6. The maximum atomic E-state index is 11.3. The van der Waals surface area contributed by atoms with Crippen molar-refractivity contribution >= 4 is 23.9 Å². The van der Waals surface area contributed by atoms with Gasteiger partial charge in [-0.05, 0) is 36.4 Å². The first-order chi connectivity index (χ1) is 17.1. The molecule has 0 unspecified atom stereocenters. The second kappa shape index (κ2) is 9.30. The van der Waals surface area contributed by atoms with Gasteiger partial charge in [-0.2, -0.15) is 0 Å². The van der Waals surface area contributed by atoms with Gasteiger partial charge in [0.15, 0.2) is 5.82 Å². The number of rotatable bonds is 7.